The third kappa shape index (κ3) is 6.13. The average molecular weight is 309 g/mol. The number of benzene rings is 1. The van der Waals surface area contributed by atoms with Gasteiger partial charge in [-0.15, -0.1) is 6.58 Å². The molecule has 0 spiro atoms. The number of hydrazine groups is 1. The first-order valence-corrected chi connectivity index (χ1v) is 6.73. The van der Waals surface area contributed by atoms with Crippen LogP contribution in [0.2, 0.25) is 0 Å². The molecular formula is C14H19N3O3S. The van der Waals surface area contributed by atoms with Crippen molar-refractivity contribution in [2.75, 3.05) is 13.7 Å². The van der Waals surface area contributed by atoms with Crippen LogP contribution in [0.15, 0.2) is 36.9 Å². The van der Waals surface area contributed by atoms with Gasteiger partial charge in [-0.3, -0.25) is 15.6 Å². The molecule has 0 unspecified atom stereocenters. The van der Waals surface area contributed by atoms with E-state index in [0.29, 0.717) is 17.4 Å². The molecule has 0 heterocycles. The number of carbonyl (C=O) groups excluding carboxylic acids is 1. The fourth-order valence-corrected chi connectivity index (χ4v) is 1.48. The summed E-state index contributed by atoms with van der Waals surface area (Å²) >= 11 is 4.94. The summed E-state index contributed by atoms with van der Waals surface area (Å²) in [6.45, 7) is 5.70. The predicted octanol–water partition coefficient (Wildman–Crippen LogP) is 1.14. The smallest absolute Gasteiger partial charge is 0.279 e. The summed E-state index contributed by atoms with van der Waals surface area (Å²) in [6.07, 6.45) is 0.985. The number of ether oxygens (including phenoxy) is 2. The lowest BCUT2D eigenvalue weighted by Crippen LogP contribution is -2.50. The maximum atomic E-state index is 11.8. The van der Waals surface area contributed by atoms with E-state index in [9.17, 15) is 4.79 Å². The number of rotatable bonds is 6. The fraction of sp³-hybridized carbons (Fsp3) is 0.286. The Balaban J connectivity index is 2.39. The number of thiocarbonyl (C=S) groups is 1. The van der Waals surface area contributed by atoms with Crippen molar-refractivity contribution < 1.29 is 14.3 Å². The van der Waals surface area contributed by atoms with Crippen molar-refractivity contribution in [1.29, 1.82) is 0 Å². The Morgan fingerprint density at radius 3 is 2.52 bits per heavy atom. The van der Waals surface area contributed by atoms with E-state index in [1.54, 1.807) is 44.4 Å². The van der Waals surface area contributed by atoms with Crippen LogP contribution in [-0.4, -0.2) is 30.8 Å². The Kier molecular flexibility index (Phi) is 7.03. The van der Waals surface area contributed by atoms with Crippen LogP contribution in [0.4, 0.5) is 0 Å². The summed E-state index contributed by atoms with van der Waals surface area (Å²) in [7, 11) is 1.58. The molecule has 1 rings (SSSR count). The Bertz CT molecular complexity index is 491. The summed E-state index contributed by atoms with van der Waals surface area (Å²) in [5.74, 6) is 0.958. The Morgan fingerprint density at radius 2 is 1.95 bits per heavy atom. The lowest BCUT2D eigenvalue weighted by atomic mass is 10.3. The second-order valence-corrected chi connectivity index (χ2v) is 4.46. The molecule has 114 valence electrons. The maximum Gasteiger partial charge on any atom is 0.279 e. The van der Waals surface area contributed by atoms with Gasteiger partial charge in [-0.05, 0) is 43.4 Å². The Labute approximate surface area is 129 Å². The van der Waals surface area contributed by atoms with Gasteiger partial charge < -0.3 is 14.8 Å². The first-order chi connectivity index (χ1) is 10.1. The van der Waals surface area contributed by atoms with Gasteiger partial charge in [0, 0.05) is 6.54 Å². The van der Waals surface area contributed by atoms with E-state index < -0.39 is 6.10 Å². The van der Waals surface area contributed by atoms with E-state index in [-0.39, 0.29) is 5.91 Å². The van der Waals surface area contributed by atoms with E-state index in [4.69, 9.17) is 21.7 Å². The largest absolute Gasteiger partial charge is 0.497 e. The summed E-state index contributed by atoms with van der Waals surface area (Å²) in [5, 5.41) is 3.13. The molecule has 0 saturated heterocycles. The summed E-state index contributed by atoms with van der Waals surface area (Å²) in [4.78, 5) is 11.8. The molecule has 0 radical (unpaired) electrons. The molecule has 21 heavy (non-hydrogen) atoms. The molecule has 0 fully saturated rings. The summed E-state index contributed by atoms with van der Waals surface area (Å²) < 4.78 is 10.5. The highest BCUT2D eigenvalue weighted by Crippen LogP contribution is 2.18. The zero-order valence-corrected chi connectivity index (χ0v) is 12.8. The molecule has 1 amide bonds. The highest BCUT2D eigenvalue weighted by atomic mass is 32.1. The van der Waals surface area contributed by atoms with Crippen LogP contribution in [0.5, 0.6) is 11.5 Å². The molecule has 0 aliphatic rings. The maximum absolute atomic E-state index is 11.8. The first-order valence-electron chi connectivity index (χ1n) is 6.32. The Hall–Kier alpha value is -2.28. The first kappa shape index (κ1) is 16.8. The second-order valence-electron chi connectivity index (χ2n) is 4.05. The van der Waals surface area contributed by atoms with Crippen molar-refractivity contribution >= 4 is 23.2 Å². The van der Waals surface area contributed by atoms with Crippen LogP contribution in [0.1, 0.15) is 6.92 Å². The van der Waals surface area contributed by atoms with Crippen molar-refractivity contribution in [2.24, 2.45) is 0 Å². The molecule has 0 saturated carbocycles. The van der Waals surface area contributed by atoms with Gasteiger partial charge in [-0.1, -0.05) is 6.08 Å². The minimum atomic E-state index is -0.673. The molecular weight excluding hydrogens is 290 g/mol. The minimum absolute atomic E-state index is 0.305. The Morgan fingerprint density at radius 1 is 1.33 bits per heavy atom. The molecule has 1 aromatic carbocycles. The number of methoxy groups -OCH3 is 1. The van der Waals surface area contributed by atoms with Crippen LogP contribution in [0.3, 0.4) is 0 Å². The lowest BCUT2D eigenvalue weighted by molar-refractivity contribution is -0.127. The van der Waals surface area contributed by atoms with E-state index in [2.05, 4.69) is 22.7 Å². The number of nitrogens with one attached hydrogen (secondary N) is 3. The van der Waals surface area contributed by atoms with Gasteiger partial charge in [0.2, 0.25) is 0 Å². The van der Waals surface area contributed by atoms with Crippen molar-refractivity contribution in [3.05, 3.63) is 36.9 Å². The highest BCUT2D eigenvalue weighted by Gasteiger charge is 2.14. The van der Waals surface area contributed by atoms with Crippen molar-refractivity contribution in [3.63, 3.8) is 0 Å². The van der Waals surface area contributed by atoms with E-state index in [1.807, 2.05) is 0 Å². The molecule has 7 heteroatoms. The van der Waals surface area contributed by atoms with Gasteiger partial charge in [0.05, 0.1) is 7.11 Å². The highest BCUT2D eigenvalue weighted by molar-refractivity contribution is 7.80. The van der Waals surface area contributed by atoms with E-state index in [0.717, 1.165) is 5.75 Å². The van der Waals surface area contributed by atoms with Crippen LogP contribution < -0.4 is 25.6 Å². The van der Waals surface area contributed by atoms with Crippen molar-refractivity contribution in [2.45, 2.75) is 13.0 Å². The van der Waals surface area contributed by atoms with Gasteiger partial charge in [0.1, 0.15) is 11.5 Å². The van der Waals surface area contributed by atoms with Gasteiger partial charge in [0.15, 0.2) is 11.2 Å². The monoisotopic (exact) mass is 309 g/mol. The predicted molar refractivity (Wildman–Crippen MR) is 85.2 cm³/mol. The number of amides is 1. The molecule has 0 aromatic heterocycles. The molecule has 1 aromatic rings. The quantitative estimate of drug-likeness (QED) is 0.416. The molecule has 1 atom stereocenters. The van der Waals surface area contributed by atoms with Gasteiger partial charge >= 0.3 is 0 Å². The third-order valence-electron chi connectivity index (χ3n) is 2.45. The second kappa shape index (κ2) is 8.80. The summed E-state index contributed by atoms with van der Waals surface area (Å²) in [5.41, 5.74) is 5.03. The molecule has 0 aliphatic heterocycles. The lowest BCUT2D eigenvalue weighted by Gasteiger charge is -2.16. The van der Waals surface area contributed by atoms with Crippen LogP contribution in [0, 0.1) is 0 Å². The van der Waals surface area contributed by atoms with Crippen LogP contribution in [0.25, 0.3) is 0 Å². The normalized spacial score (nSPS) is 11.0. The number of hydrogen-bond acceptors (Lipinski definition) is 4. The zero-order chi connectivity index (χ0) is 15.7. The fourth-order valence-electron chi connectivity index (χ4n) is 1.34. The van der Waals surface area contributed by atoms with Crippen molar-refractivity contribution in [1.82, 2.24) is 16.2 Å². The number of carbonyl (C=O) groups is 1. The van der Waals surface area contributed by atoms with Gasteiger partial charge in [0.25, 0.3) is 5.91 Å². The molecule has 0 bridgehead atoms. The van der Waals surface area contributed by atoms with Crippen LogP contribution >= 0.6 is 12.2 Å². The molecule has 0 aliphatic carbocycles. The zero-order valence-electron chi connectivity index (χ0n) is 12.0. The molecule has 3 N–H and O–H groups in total. The topological polar surface area (TPSA) is 71.6 Å². The average Bonchev–Trinajstić information content (AvgIpc) is 2.51. The van der Waals surface area contributed by atoms with Crippen molar-refractivity contribution in [3.8, 4) is 11.5 Å². The SMILES string of the molecule is C=CCNC(=S)NNC(=O)[C@H](C)Oc1ccc(OC)cc1. The summed E-state index contributed by atoms with van der Waals surface area (Å²) in [6, 6.07) is 6.97. The number of hydrogen-bond donors (Lipinski definition) is 3. The van der Waals surface area contributed by atoms with E-state index in [1.165, 1.54) is 0 Å². The standard InChI is InChI=1S/C14H19N3O3S/c1-4-9-15-14(21)17-16-13(18)10(2)20-12-7-5-11(19-3)6-8-12/h4-8,10H,1,9H2,2-3H3,(H,16,18)(H2,15,17,21)/t10-/m0/s1. The minimum Gasteiger partial charge on any atom is -0.497 e. The van der Waals surface area contributed by atoms with E-state index >= 15 is 0 Å². The van der Waals surface area contributed by atoms with Crippen LogP contribution in [-0.2, 0) is 4.79 Å². The van der Waals surface area contributed by atoms with Gasteiger partial charge in [-0.2, -0.15) is 0 Å². The van der Waals surface area contributed by atoms with Gasteiger partial charge in [-0.25, -0.2) is 0 Å². The molecule has 6 nitrogen and oxygen atoms in total. The third-order valence-corrected chi connectivity index (χ3v) is 2.69.